The Morgan fingerprint density at radius 3 is 1.75 bits per heavy atom. The van der Waals surface area contributed by atoms with Crippen LogP contribution in [-0.2, 0) is 9.53 Å². The van der Waals surface area contributed by atoms with Gasteiger partial charge >= 0.3 is 0 Å². The molecular formula is C6H14O2. The van der Waals surface area contributed by atoms with E-state index in [2.05, 4.69) is 18.6 Å². The number of carbonyl (C=O) groups is 1. The first kappa shape index (κ1) is 10.5. The summed E-state index contributed by atoms with van der Waals surface area (Å²) in [5.74, 6) is 0. The molecule has 50 valence electrons. The van der Waals surface area contributed by atoms with Crippen LogP contribution in [-0.4, -0.2) is 13.1 Å². The number of ether oxygens (including phenoxy) is 1. The largest absolute Gasteiger partial charge is 0.468 e. The number of carbonyl (C=O) groups excluding carboxylic acids is 1. The normalized spacial score (nSPS) is 6.38. The van der Waals surface area contributed by atoms with Crippen LogP contribution in [0.4, 0.5) is 0 Å². The number of hydrogen-bond donors (Lipinski definition) is 0. The Bertz CT molecular complexity index is 35.5. The van der Waals surface area contributed by atoms with E-state index in [4.69, 9.17) is 0 Å². The van der Waals surface area contributed by atoms with Crippen LogP contribution < -0.4 is 0 Å². The van der Waals surface area contributed by atoms with Gasteiger partial charge < -0.3 is 4.74 Å². The molecule has 0 aliphatic carbocycles. The third kappa shape index (κ3) is 50.6. The predicted octanol–water partition coefficient (Wildman–Crippen LogP) is 1.60. The van der Waals surface area contributed by atoms with Crippen molar-refractivity contribution in [2.24, 2.45) is 0 Å². The fourth-order valence-corrected chi connectivity index (χ4v) is 0.0680. The van der Waals surface area contributed by atoms with E-state index in [1.54, 1.807) is 6.92 Å². The first-order valence-electron chi connectivity index (χ1n) is 2.88. The van der Waals surface area contributed by atoms with Crippen molar-refractivity contribution in [2.45, 2.75) is 27.2 Å². The van der Waals surface area contributed by atoms with E-state index < -0.39 is 0 Å². The lowest BCUT2D eigenvalue weighted by Gasteiger charge is -1.79. The third-order valence-electron chi connectivity index (χ3n) is 0.235. The summed E-state index contributed by atoms with van der Waals surface area (Å²) in [6, 6.07) is 0. The fraction of sp³-hybridized carbons (Fsp3) is 0.833. The second-order valence-corrected chi connectivity index (χ2v) is 1.26. The van der Waals surface area contributed by atoms with Crippen LogP contribution in [0.1, 0.15) is 27.2 Å². The average Bonchev–Trinajstić information content (AvgIpc) is 1.71. The summed E-state index contributed by atoms with van der Waals surface area (Å²) in [6.45, 7) is 6.91. The van der Waals surface area contributed by atoms with Gasteiger partial charge in [0.05, 0.1) is 6.61 Å². The van der Waals surface area contributed by atoms with Gasteiger partial charge in [-0.2, -0.15) is 0 Å². The van der Waals surface area contributed by atoms with Crippen molar-refractivity contribution in [1.29, 1.82) is 0 Å². The van der Waals surface area contributed by atoms with Gasteiger partial charge in [0.2, 0.25) is 0 Å². The molecule has 0 radical (unpaired) electrons. The zero-order valence-electron chi connectivity index (χ0n) is 5.81. The highest BCUT2D eigenvalue weighted by Gasteiger charge is 1.60. The molecule has 0 N–H and O–H groups in total. The van der Waals surface area contributed by atoms with E-state index in [1.807, 2.05) is 0 Å². The molecule has 0 heterocycles. The zero-order chi connectivity index (χ0) is 6.83. The van der Waals surface area contributed by atoms with Crippen LogP contribution in [0.2, 0.25) is 0 Å². The van der Waals surface area contributed by atoms with Crippen LogP contribution in [0.25, 0.3) is 0 Å². The van der Waals surface area contributed by atoms with Crippen molar-refractivity contribution < 1.29 is 9.53 Å². The molecule has 0 bridgehead atoms. The quantitative estimate of drug-likeness (QED) is 0.515. The summed E-state index contributed by atoms with van der Waals surface area (Å²) in [6.07, 6.45) is 1.25. The summed E-state index contributed by atoms with van der Waals surface area (Å²) in [5.41, 5.74) is 0. The lowest BCUT2D eigenvalue weighted by Crippen LogP contribution is -1.80. The average molecular weight is 118 g/mol. The summed E-state index contributed by atoms with van der Waals surface area (Å²) in [7, 11) is 0. The highest BCUT2D eigenvalue weighted by atomic mass is 16.5. The van der Waals surface area contributed by atoms with E-state index in [1.165, 1.54) is 6.42 Å². The maximum Gasteiger partial charge on any atom is 0.293 e. The number of rotatable bonds is 2. The van der Waals surface area contributed by atoms with Crippen molar-refractivity contribution in [3.8, 4) is 0 Å². The van der Waals surface area contributed by atoms with Crippen LogP contribution in [0.3, 0.4) is 0 Å². The molecule has 2 heteroatoms. The van der Waals surface area contributed by atoms with Gasteiger partial charge in [0, 0.05) is 0 Å². The lowest BCUT2D eigenvalue weighted by atomic mass is 10.6. The minimum atomic E-state index is 0.431. The second-order valence-electron chi connectivity index (χ2n) is 1.26. The van der Waals surface area contributed by atoms with Crippen LogP contribution in [0.15, 0.2) is 0 Å². The first-order chi connectivity index (χ1) is 3.83. The van der Waals surface area contributed by atoms with E-state index >= 15 is 0 Å². The predicted molar refractivity (Wildman–Crippen MR) is 33.7 cm³/mol. The molecule has 0 rings (SSSR count). The van der Waals surface area contributed by atoms with Crippen molar-refractivity contribution in [1.82, 2.24) is 0 Å². The highest BCUT2D eigenvalue weighted by molar-refractivity contribution is 5.36. The molecule has 0 aromatic heterocycles. The molecule has 8 heavy (non-hydrogen) atoms. The van der Waals surface area contributed by atoms with E-state index in [-0.39, 0.29) is 0 Å². The minimum Gasteiger partial charge on any atom is -0.468 e. The summed E-state index contributed by atoms with van der Waals surface area (Å²) >= 11 is 0. The maximum atomic E-state index is 9.18. The van der Waals surface area contributed by atoms with Crippen LogP contribution >= 0.6 is 0 Å². The Hall–Kier alpha value is -0.530. The van der Waals surface area contributed by atoms with Crippen LogP contribution in [0, 0.1) is 0 Å². The van der Waals surface area contributed by atoms with Crippen molar-refractivity contribution in [3.63, 3.8) is 0 Å². The summed E-state index contributed by atoms with van der Waals surface area (Å²) in [4.78, 5) is 9.18. The van der Waals surface area contributed by atoms with Gasteiger partial charge in [-0.1, -0.05) is 20.3 Å². The Labute approximate surface area is 50.8 Å². The van der Waals surface area contributed by atoms with Gasteiger partial charge in [-0.05, 0) is 6.92 Å². The molecule has 0 aliphatic heterocycles. The minimum absolute atomic E-state index is 0.431. The van der Waals surface area contributed by atoms with Crippen molar-refractivity contribution >= 4 is 6.47 Å². The molecule has 0 unspecified atom stereocenters. The summed E-state index contributed by atoms with van der Waals surface area (Å²) < 4.78 is 4.15. The van der Waals surface area contributed by atoms with Crippen molar-refractivity contribution in [2.75, 3.05) is 6.61 Å². The monoisotopic (exact) mass is 118 g/mol. The Balaban J connectivity index is 0. The summed E-state index contributed by atoms with van der Waals surface area (Å²) in [5, 5.41) is 0. The molecule has 0 aliphatic rings. The molecule has 2 nitrogen and oxygen atoms in total. The molecule has 0 spiro atoms. The second kappa shape index (κ2) is 16.1. The van der Waals surface area contributed by atoms with Crippen LogP contribution in [0.5, 0.6) is 0 Å². The molecule has 0 amide bonds. The molecule has 0 saturated carbocycles. The first-order valence-corrected chi connectivity index (χ1v) is 2.88. The molecule has 0 fully saturated rings. The maximum absolute atomic E-state index is 9.18. The van der Waals surface area contributed by atoms with E-state index in [0.717, 1.165) is 0 Å². The van der Waals surface area contributed by atoms with Gasteiger partial charge in [-0.25, -0.2) is 0 Å². The van der Waals surface area contributed by atoms with Gasteiger partial charge in [-0.15, -0.1) is 0 Å². The number of hydrogen-bond acceptors (Lipinski definition) is 2. The molecule has 0 aromatic carbocycles. The topological polar surface area (TPSA) is 26.3 Å². The zero-order valence-corrected chi connectivity index (χ0v) is 5.81. The molecule has 0 atom stereocenters. The Kier molecular flexibility index (Phi) is 21.0. The van der Waals surface area contributed by atoms with Gasteiger partial charge in [0.25, 0.3) is 6.47 Å². The molecule has 0 aromatic rings. The van der Waals surface area contributed by atoms with Crippen molar-refractivity contribution in [3.05, 3.63) is 0 Å². The fourth-order valence-electron chi connectivity index (χ4n) is 0.0680. The van der Waals surface area contributed by atoms with E-state index in [0.29, 0.717) is 13.1 Å². The Morgan fingerprint density at radius 2 is 1.75 bits per heavy atom. The van der Waals surface area contributed by atoms with Gasteiger partial charge in [0.1, 0.15) is 0 Å². The SMILES string of the molecule is CCC.CCOC=O. The lowest BCUT2D eigenvalue weighted by molar-refractivity contribution is -0.128. The van der Waals surface area contributed by atoms with E-state index in [9.17, 15) is 4.79 Å². The highest BCUT2D eigenvalue weighted by Crippen LogP contribution is 1.56. The Morgan fingerprint density at radius 1 is 1.38 bits per heavy atom. The standard InChI is InChI=1S/C3H6O2.C3H8/c1-2-5-3-4;1-3-2/h3H,2H2,1H3;3H2,1-2H3. The van der Waals surface area contributed by atoms with Gasteiger partial charge in [-0.3, -0.25) is 4.79 Å². The molecular weight excluding hydrogens is 104 g/mol. The smallest absolute Gasteiger partial charge is 0.293 e. The molecule has 0 saturated heterocycles. The third-order valence-corrected chi connectivity index (χ3v) is 0.235. The van der Waals surface area contributed by atoms with Gasteiger partial charge in [0.15, 0.2) is 0 Å².